The van der Waals surface area contributed by atoms with E-state index in [1.165, 1.54) is 0 Å². The zero-order chi connectivity index (χ0) is 14.4. The Bertz CT molecular complexity index is 453. The molecule has 1 fully saturated rings. The molecule has 1 aromatic rings. The number of Topliss-reactive ketones (excluding diaryl/α,β-unsaturated/α-hetero) is 1. The Labute approximate surface area is 119 Å². The van der Waals surface area contributed by atoms with Crippen molar-refractivity contribution < 1.29 is 9.59 Å². The molecule has 0 spiro atoms. The quantitative estimate of drug-likeness (QED) is 0.860. The van der Waals surface area contributed by atoms with Crippen molar-refractivity contribution in [3.8, 4) is 0 Å². The van der Waals surface area contributed by atoms with Crippen LogP contribution in [0.1, 0.15) is 44.0 Å². The Balaban J connectivity index is 0.000000861. The molecular weight excluding hydrogens is 258 g/mol. The van der Waals surface area contributed by atoms with Crippen molar-refractivity contribution in [2.45, 2.75) is 43.8 Å². The second kappa shape index (κ2) is 7.34. The number of nitrogens with two attached hydrogens (primary N) is 1. The molecule has 19 heavy (non-hydrogen) atoms. The van der Waals surface area contributed by atoms with Crippen molar-refractivity contribution in [3.05, 3.63) is 29.8 Å². The zero-order valence-electron chi connectivity index (χ0n) is 11.7. The molecule has 1 aliphatic carbocycles. The lowest BCUT2D eigenvalue weighted by molar-refractivity contribution is -0.123. The lowest BCUT2D eigenvalue weighted by Crippen LogP contribution is -2.36. The van der Waals surface area contributed by atoms with E-state index in [1.807, 2.05) is 38.1 Å². The lowest BCUT2D eigenvalue weighted by atomic mass is 9.84. The molecule has 0 aliphatic heterocycles. The van der Waals surface area contributed by atoms with Crippen LogP contribution in [0.2, 0.25) is 0 Å². The fourth-order valence-electron chi connectivity index (χ4n) is 1.88. The van der Waals surface area contributed by atoms with Crippen LogP contribution in [0, 0.1) is 5.92 Å². The molecule has 0 heterocycles. The smallest absolute Gasteiger partial charge is 0.220 e. The summed E-state index contributed by atoms with van der Waals surface area (Å²) in [5, 5.41) is 0.453. The summed E-state index contributed by atoms with van der Waals surface area (Å²) < 4.78 is 0. The number of rotatable bonds is 4. The number of hydrogen-bond acceptors (Lipinski definition) is 3. The summed E-state index contributed by atoms with van der Waals surface area (Å²) in [6.07, 6.45) is 1.70. The molecule has 104 valence electrons. The first-order chi connectivity index (χ1) is 9.06. The van der Waals surface area contributed by atoms with Crippen LogP contribution in [-0.4, -0.2) is 16.9 Å². The van der Waals surface area contributed by atoms with Crippen LogP contribution in [0.15, 0.2) is 29.2 Å². The number of carbonyl (C=O) groups excluding carboxylic acids is 2. The SMILES string of the molecule is CC.CC(=O)c1cccc(SC2CC(C(N)=O)C2)c1. The van der Waals surface area contributed by atoms with E-state index < -0.39 is 0 Å². The first kappa shape index (κ1) is 15.8. The first-order valence-electron chi connectivity index (χ1n) is 6.63. The summed E-state index contributed by atoms with van der Waals surface area (Å²) in [4.78, 5) is 23.2. The molecule has 1 aliphatic rings. The third kappa shape index (κ3) is 4.39. The summed E-state index contributed by atoms with van der Waals surface area (Å²) in [6, 6.07) is 7.61. The molecule has 1 saturated carbocycles. The van der Waals surface area contributed by atoms with E-state index in [2.05, 4.69) is 0 Å². The van der Waals surface area contributed by atoms with Gasteiger partial charge in [0, 0.05) is 21.6 Å². The maximum absolute atomic E-state index is 11.2. The maximum atomic E-state index is 11.2. The number of benzene rings is 1. The highest BCUT2D eigenvalue weighted by Crippen LogP contribution is 2.40. The molecule has 0 unspecified atom stereocenters. The Kier molecular flexibility index (Phi) is 6.09. The van der Waals surface area contributed by atoms with E-state index in [1.54, 1.807) is 18.7 Å². The van der Waals surface area contributed by atoms with Gasteiger partial charge < -0.3 is 5.73 Å². The molecular formula is C15H21NO2S. The minimum absolute atomic E-state index is 0.0449. The molecule has 1 aromatic carbocycles. The normalized spacial score (nSPS) is 20.8. The fraction of sp³-hybridized carbons (Fsp3) is 0.467. The van der Waals surface area contributed by atoms with E-state index in [0.29, 0.717) is 5.25 Å². The van der Waals surface area contributed by atoms with Crippen LogP contribution in [0.25, 0.3) is 0 Å². The average molecular weight is 279 g/mol. The van der Waals surface area contributed by atoms with Crippen molar-refractivity contribution >= 4 is 23.5 Å². The van der Waals surface area contributed by atoms with E-state index >= 15 is 0 Å². The maximum Gasteiger partial charge on any atom is 0.220 e. The van der Waals surface area contributed by atoms with E-state index in [9.17, 15) is 9.59 Å². The fourth-order valence-corrected chi connectivity index (χ4v) is 3.27. The van der Waals surface area contributed by atoms with Gasteiger partial charge in [-0.2, -0.15) is 0 Å². The molecule has 0 radical (unpaired) electrons. The predicted molar refractivity (Wildman–Crippen MR) is 79.4 cm³/mol. The molecule has 4 heteroatoms. The van der Waals surface area contributed by atoms with Crippen LogP contribution >= 0.6 is 11.8 Å². The van der Waals surface area contributed by atoms with E-state index in [0.717, 1.165) is 23.3 Å². The van der Waals surface area contributed by atoms with Crippen molar-refractivity contribution in [1.82, 2.24) is 0 Å². The third-order valence-corrected chi connectivity index (χ3v) is 4.28. The van der Waals surface area contributed by atoms with Crippen LogP contribution in [-0.2, 0) is 4.79 Å². The van der Waals surface area contributed by atoms with Crippen molar-refractivity contribution in [2.24, 2.45) is 11.7 Å². The summed E-state index contributed by atoms with van der Waals surface area (Å²) in [7, 11) is 0. The highest BCUT2D eigenvalue weighted by molar-refractivity contribution is 8.00. The first-order valence-corrected chi connectivity index (χ1v) is 7.51. The number of primary amides is 1. The van der Waals surface area contributed by atoms with Gasteiger partial charge in [0.1, 0.15) is 0 Å². The summed E-state index contributed by atoms with van der Waals surface area (Å²) in [5.74, 6) is -0.0705. The van der Waals surface area contributed by atoms with Crippen LogP contribution in [0.5, 0.6) is 0 Å². The summed E-state index contributed by atoms with van der Waals surface area (Å²) in [6.45, 7) is 5.57. The Hall–Kier alpha value is -1.29. The van der Waals surface area contributed by atoms with Gasteiger partial charge in [-0.3, -0.25) is 9.59 Å². The molecule has 3 nitrogen and oxygen atoms in total. The largest absolute Gasteiger partial charge is 0.369 e. The topological polar surface area (TPSA) is 60.2 Å². The second-order valence-corrected chi connectivity index (χ2v) is 5.77. The van der Waals surface area contributed by atoms with Crippen LogP contribution < -0.4 is 5.73 Å². The van der Waals surface area contributed by atoms with Crippen molar-refractivity contribution in [1.29, 1.82) is 0 Å². The molecule has 2 N–H and O–H groups in total. The minimum atomic E-state index is -0.195. The Morgan fingerprint density at radius 1 is 1.26 bits per heavy atom. The number of amides is 1. The minimum Gasteiger partial charge on any atom is -0.369 e. The number of hydrogen-bond donors (Lipinski definition) is 1. The number of ketones is 1. The van der Waals surface area contributed by atoms with Crippen LogP contribution in [0.3, 0.4) is 0 Å². The number of carbonyl (C=O) groups is 2. The third-order valence-electron chi connectivity index (χ3n) is 3.04. The van der Waals surface area contributed by atoms with Gasteiger partial charge in [-0.25, -0.2) is 0 Å². The highest BCUT2D eigenvalue weighted by Gasteiger charge is 2.33. The van der Waals surface area contributed by atoms with Crippen molar-refractivity contribution in [3.63, 3.8) is 0 Å². The van der Waals surface area contributed by atoms with Gasteiger partial charge >= 0.3 is 0 Å². The second-order valence-electron chi connectivity index (χ2n) is 4.39. The Morgan fingerprint density at radius 3 is 2.42 bits per heavy atom. The highest BCUT2D eigenvalue weighted by atomic mass is 32.2. The lowest BCUT2D eigenvalue weighted by Gasteiger charge is -2.32. The molecule has 0 saturated heterocycles. The monoisotopic (exact) mass is 279 g/mol. The molecule has 2 rings (SSSR count). The van der Waals surface area contributed by atoms with Gasteiger partial charge in [0.2, 0.25) is 5.91 Å². The predicted octanol–water partition coefficient (Wildman–Crippen LogP) is 3.27. The van der Waals surface area contributed by atoms with Gasteiger partial charge in [0.05, 0.1) is 0 Å². The molecule has 0 atom stereocenters. The zero-order valence-corrected chi connectivity index (χ0v) is 12.5. The molecule has 1 amide bonds. The molecule has 0 bridgehead atoms. The van der Waals surface area contributed by atoms with Gasteiger partial charge in [-0.15, -0.1) is 11.8 Å². The summed E-state index contributed by atoms with van der Waals surface area (Å²) >= 11 is 1.72. The average Bonchev–Trinajstić information content (AvgIpc) is 2.35. The number of thioether (sulfide) groups is 1. The van der Waals surface area contributed by atoms with E-state index in [-0.39, 0.29) is 17.6 Å². The summed E-state index contributed by atoms with van der Waals surface area (Å²) in [5.41, 5.74) is 5.96. The van der Waals surface area contributed by atoms with Gasteiger partial charge in [-0.1, -0.05) is 26.0 Å². The van der Waals surface area contributed by atoms with E-state index in [4.69, 9.17) is 5.73 Å². The Morgan fingerprint density at radius 2 is 1.89 bits per heavy atom. The van der Waals surface area contributed by atoms with Gasteiger partial charge in [0.15, 0.2) is 5.78 Å². The van der Waals surface area contributed by atoms with Gasteiger partial charge in [0.25, 0.3) is 0 Å². The van der Waals surface area contributed by atoms with Crippen molar-refractivity contribution in [2.75, 3.05) is 0 Å². The molecule has 0 aromatic heterocycles. The standard InChI is InChI=1S/C13H15NO2S.C2H6/c1-8(15)9-3-2-4-11(5-9)17-12-6-10(7-12)13(14)16;1-2/h2-5,10,12H,6-7H2,1H3,(H2,14,16);1-2H3. The van der Waals surface area contributed by atoms with Crippen LogP contribution in [0.4, 0.5) is 0 Å². The van der Waals surface area contributed by atoms with Gasteiger partial charge in [-0.05, 0) is 31.9 Å².